The normalized spacial score (nSPS) is 10.4. The maximum Gasteiger partial charge on any atom is 0.251 e. The van der Waals surface area contributed by atoms with Gasteiger partial charge in [-0.1, -0.05) is 19.3 Å². The summed E-state index contributed by atoms with van der Waals surface area (Å²) in [5, 5.41) is 5.77. The lowest BCUT2D eigenvalue weighted by Gasteiger charge is -2.07. The van der Waals surface area contributed by atoms with Gasteiger partial charge in [0.25, 0.3) is 5.91 Å². The van der Waals surface area contributed by atoms with Crippen molar-refractivity contribution in [3.05, 3.63) is 54.1 Å². The van der Waals surface area contributed by atoms with Gasteiger partial charge in [-0.05, 0) is 61.4 Å². The van der Waals surface area contributed by atoms with Crippen LogP contribution in [0.5, 0.6) is 0 Å². The predicted molar refractivity (Wildman–Crippen MR) is 110 cm³/mol. The molecular weight excluding hydrogens is 340 g/mol. The van der Waals surface area contributed by atoms with Crippen molar-refractivity contribution in [3.8, 4) is 0 Å². The Morgan fingerprint density at radius 3 is 1.96 bits per heavy atom. The van der Waals surface area contributed by atoms with E-state index < -0.39 is 0 Å². The summed E-state index contributed by atoms with van der Waals surface area (Å²) in [5.41, 5.74) is 13.9. The van der Waals surface area contributed by atoms with Crippen LogP contribution in [-0.2, 0) is 4.79 Å². The Balaban J connectivity index is 1.48. The summed E-state index contributed by atoms with van der Waals surface area (Å²) in [7, 11) is 0. The second kappa shape index (κ2) is 10.9. The van der Waals surface area contributed by atoms with Gasteiger partial charge < -0.3 is 22.1 Å². The Kier molecular flexibility index (Phi) is 8.16. The molecule has 0 saturated carbocycles. The van der Waals surface area contributed by atoms with Gasteiger partial charge in [-0.15, -0.1) is 0 Å². The molecule has 0 unspecified atom stereocenters. The average molecular weight is 368 g/mol. The Bertz CT molecular complexity index is 727. The van der Waals surface area contributed by atoms with E-state index in [1.165, 1.54) is 0 Å². The van der Waals surface area contributed by atoms with Gasteiger partial charge in [-0.25, -0.2) is 0 Å². The average Bonchev–Trinajstić information content (AvgIpc) is 2.66. The Labute approximate surface area is 160 Å². The molecule has 27 heavy (non-hydrogen) atoms. The SMILES string of the molecule is Nc1ccc(NC(=O)CCCCCCCNC(=O)c2ccc(N)cc2)cc1. The number of unbranched alkanes of at least 4 members (excludes halogenated alkanes) is 4. The number of nitrogen functional groups attached to an aromatic ring is 2. The third kappa shape index (κ3) is 7.81. The van der Waals surface area contributed by atoms with Crippen molar-refractivity contribution in [1.82, 2.24) is 5.32 Å². The molecule has 0 radical (unpaired) electrons. The Morgan fingerprint density at radius 2 is 1.30 bits per heavy atom. The second-order valence-corrected chi connectivity index (χ2v) is 6.57. The van der Waals surface area contributed by atoms with Crippen molar-refractivity contribution >= 4 is 28.9 Å². The maximum absolute atomic E-state index is 11.9. The van der Waals surface area contributed by atoms with Crippen LogP contribution in [0.4, 0.5) is 17.1 Å². The lowest BCUT2D eigenvalue weighted by atomic mass is 10.1. The third-order valence-electron chi connectivity index (χ3n) is 4.23. The molecule has 6 nitrogen and oxygen atoms in total. The number of benzene rings is 2. The molecule has 0 aliphatic carbocycles. The van der Waals surface area contributed by atoms with Gasteiger partial charge in [0, 0.05) is 35.6 Å². The minimum Gasteiger partial charge on any atom is -0.399 e. The first kappa shape index (κ1) is 20.3. The molecule has 2 aromatic rings. The van der Waals surface area contributed by atoms with Gasteiger partial charge in [-0.3, -0.25) is 9.59 Å². The first-order chi connectivity index (χ1) is 13.0. The summed E-state index contributed by atoms with van der Waals surface area (Å²) in [5.74, 6) is -0.0510. The highest BCUT2D eigenvalue weighted by atomic mass is 16.2. The number of nitrogens with two attached hydrogens (primary N) is 2. The molecule has 0 atom stereocenters. The standard InChI is InChI=1S/C21H28N4O2/c22-17-9-7-16(8-10-17)21(27)24-15-5-3-1-2-4-6-20(26)25-19-13-11-18(23)12-14-19/h7-14H,1-6,15,22-23H2,(H,24,27)(H,25,26). The first-order valence-corrected chi connectivity index (χ1v) is 9.34. The Hall–Kier alpha value is -3.02. The third-order valence-corrected chi connectivity index (χ3v) is 4.23. The largest absolute Gasteiger partial charge is 0.399 e. The number of rotatable bonds is 10. The van der Waals surface area contributed by atoms with Crippen molar-refractivity contribution in [3.63, 3.8) is 0 Å². The monoisotopic (exact) mass is 368 g/mol. The number of carbonyl (C=O) groups excluding carboxylic acids is 2. The van der Waals surface area contributed by atoms with E-state index in [2.05, 4.69) is 10.6 Å². The van der Waals surface area contributed by atoms with Gasteiger partial charge in [0.2, 0.25) is 5.91 Å². The maximum atomic E-state index is 11.9. The molecule has 0 aliphatic rings. The number of anilines is 3. The number of hydrogen-bond acceptors (Lipinski definition) is 4. The van der Waals surface area contributed by atoms with Crippen LogP contribution in [0.1, 0.15) is 48.9 Å². The van der Waals surface area contributed by atoms with Crippen LogP contribution in [0.3, 0.4) is 0 Å². The quantitative estimate of drug-likeness (QED) is 0.379. The zero-order chi connectivity index (χ0) is 19.5. The highest BCUT2D eigenvalue weighted by Gasteiger charge is 2.04. The minimum atomic E-state index is -0.0747. The molecule has 0 aliphatic heterocycles. The molecular formula is C21H28N4O2. The number of hydrogen-bond donors (Lipinski definition) is 4. The van der Waals surface area contributed by atoms with E-state index in [-0.39, 0.29) is 11.8 Å². The highest BCUT2D eigenvalue weighted by molar-refractivity contribution is 5.94. The fourth-order valence-electron chi connectivity index (χ4n) is 2.67. The van der Waals surface area contributed by atoms with Crippen LogP contribution in [0, 0.1) is 0 Å². The van der Waals surface area contributed by atoms with E-state index in [0.717, 1.165) is 37.8 Å². The van der Waals surface area contributed by atoms with Crippen molar-refractivity contribution in [2.24, 2.45) is 0 Å². The summed E-state index contributed by atoms with van der Waals surface area (Å²) < 4.78 is 0. The van der Waals surface area contributed by atoms with E-state index in [0.29, 0.717) is 29.9 Å². The zero-order valence-electron chi connectivity index (χ0n) is 15.5. The molecule has 0 heterocycles. The van der Waals surface area contributed by atoms with Crippen molar-refractivity contribution in [2.45, 2.75) is 38.5 Å². The lowest BCUT2D eigenvalue weighted by molar-refractivity contribution is -0.116. The summed E-state index contributed by atoms with van der Waals surface area (Å²) in [6, 6.07) is 14.0. The Morgan fingerprint density at radius 1 is 0.741 bits per heavy atom. The smallest absolute Gasteiger partial charge is 0.251 e. The molecule has 2 rings (SSSR count). The van der Waals surface area contributed by atoms with E-state index in [1.54, 1.807) is 48.5 Å². The van der Waals surface area contributed by atoms with Crippen LogP contribution in [0.25, 0.3) is 0 Å². The van der Waals surface area contributed by atoms with Crippen LogP contribution < -0.4 is 22.1 Å². The summed E-state index contributed by atoms with van der Waals surface area (Å²) in [6.45, 7) is 0.654. The van der Waals surface area contributed by atoms with Gasteiger partial charge in [0.1, 0.15) is 0 Å². The van der Waals surface area contributed by atoms with E-state index in [9.17, 15) is 9.59 Å². The van der Waals surface area contributed by atoms with Crippen LogP contribution in [0.2, 0.25) is 0 Å². The summed E-state index contributed by atoms with van der Waals surface area (Å²) in [6.07, 6.45) is 5.38. The van der Waals surface area contributed by atoms with E-state index in [1.807, 2.05) is 0 Å². The second-order valence-electron chi connectivity index (χ2n) is 6.57. The molecule has 2 aromatic carbocycles. The molecule has 0 spiro atoms. The van der Waals surface area contributed by atoms with Crippen molar-refractivity contribution in [2.75, 3.05) is 23.3 Å². The highest BCUT2D eigenvalue weighted by Crippen LogP contribution is 2.12. The molecule has 2 amide bonds. The molecule has 144 valence electrons. The van der Waals surface area contributed by atoms with E-state index >= 15 is 0 Å². The molecule has 6 N–H and O–H groups in total. The number of nitrogens with one attached hydrogen (secondary N) is 2. The number of carbonyl (C=O) groups is 2. The van der Waals surface area contributed by atoms with E-state index in [4.69, 9.17) is 11.5 Å². The number of amides is 2. The van der Waals surface area contributed by atoms with Gasteiger partial charge in [0.15, 0.2) is 0 Å². The molecule has 0 fully saturated rings. The van der Waals surface area contributed by atoms with Crippen LogP contribution >= 0.6 is 0 Å². The fraction of sp³-hybridized carbons (Fsp3) is 0.333. The lowest BCUT2D eigenvalue weighted by Crippen LogP contribution is -2.24. The van der Waals surface area contributed by atoms with Gasteiger partial charge >= 0.3 is 0 Å². The summed E-state index contributed by atoms with van der Waals surface area (Å²) >= 11 is 0. The van der Waals surface area contributed by atoms with Gasteiger partial charge in [-0.2, -0.15) is 0 Å². The molecule has 0 bridgehead atoms. The molecule has 0 saturated heterocycles. The van der Waals surface area contributed by atoms with Crippen LogP contribution in [0.15, 0.2) is 48.5 Å². The summed E-state index contributed by atoms with van der Waals surface area (Å²) in [4.78, 5) is 23.8. The van der Waals surface area contributed by atoms with Gasteiger partial charge in [0.05, 0.1) is 0 Å². The molecule has 0 aromatic heterocycles. The topological polar surface area (TPSA) is 110 Å². The first-order valence-electron chi connectivity index (χ1n) is 9.34. The minimum absolute atomic E-state index is 0.0236. The van der Waals surface area contributed by atoms with Crippen molar-refractivity contribution < 1.29 is 9.59 Å². The zero-order valence-corrected chi connectivity index (χ0v) is 15.5. The molecule has 6 heteroatoms. The van der Waals surface area contributed by atoms with Crippen molar-refractivity contribution in [1.29, 1.82) is 0 Å². The van der Waals surface area contributed by atoms with Crippen LogP contribution in [-0.4, -0.2) is 18.4 Å². The fourth-order valence-corrected chi connectivity index (χ4v) is 2.67. The predicted octanol–water partition coefficient (Wildman–Crippen LogP) is 3.56.